The van der Waals surface area contributed by atoms with Crippen LogP contribution >= 0.6 is 0 Å². The topological polar surface area (TPSA) is 26.3 Å². The summed E-state index contributed by atoms with van der Waals surface area (Å²) in [6.07, 6.45) is 6.59. The van der Waals surface area contributed by atoms with Gasteiger partial charge in [0.15, 0.2) is 0 Å². The molecule has 0 spiro atoms. The molecule has 0 amide bonds. The minimum absolute atomic E-state index is 0.0546. The van der Waals surface area contributed by atoms with Crippen molar-refractivity contribution in [2.45, 2.75) is 65.4 Å². The maximum absolute atomic E-state index is 11.6. The van der Waals surface area contributed by atoms with Gasteiger partial charge < -0.3 is 4.74 Å². The summed E-state index contributed by atoms with van der Waals surface area (Å²) < 4.78 is 5.45. The second-order valence-electron chi connectivity index (χ2n) is 5.04. The summed E-state index contributed by atoms with van der Waals surface area (Å²) >= 11 is 0. The summed E-state index contributed by atoms with van der Waals surface area (Å²) in [6, 6.07) is 0. The van der Waals surface area contributed by atoms with Gasteiger partial charge in [-0.25, -0.2) is 4.79 Å². The lowest BCUT2D eigenvalue weighted by atomic mass is 9.74. The Hall–Kier alpha value is -0.790. The second-order valence-corrected chi connectivity index (χ2v) is 5.04. The molecule has 0 N–H and O–H groups in total. The highest BCUT2D eigenvalue weighted by Gasteiger charge is 2.47. The number of carbonyl (C=O) groups excluding carboxylic acids is 1. The Morgan fingerprint density at radius 2 is 1.94 bits per heavy atom. The van der Waals surface area contributed by atoms with Gasteiger partial charge in [0.2, 0.25) is 0 Å². The van der Waals surface area contributed by atoms with E-state index >= 15 is 0 Å². The van der Waals surface area contributed by atoms with E-state index in [4.69, 9.17) is 4.74 Å². The van der Waals surface area contributed by atoms with Gasteiger partial charge in [-0.15, -0.1) is 0 Å². The fraction of sp³-hybridized carbons (Fsp3) is 0.786. The van der Waals surface area contributed by atoms with Crippen molar-refractivity contribution in [3.63, 3.8) is 0 Å². The van der Waals surface area contributed by atoms with Crippen LogP contribution in [0.1, 0.15) is 59.3 Å². The molecule has 0 aromatic carbocycles. The van der Waals surface area contributed by atoms with Gasteiger partial charge in [0, 0.05) is 11.0 Å². The molecule has 1 aliphatic heterocycles. The average molecular weight is 224 g/mol. The zero-order valence-electron chi connectivity index (χ0n) is 10.8. The van der Waals surface area contributed by atoms with Crippen LogP contribution in [0.2, 0.25) is 0 Å². The summed E-state index contributed by atoms with van der Waals surface area (Å²) in [6.45, 7) is 10.4. The molecule has 2 heteroatoms. The highest BCUT2D eigenvalue weighted by Crippen LogP contribution is 2.45. The fourth-order valence-corrected chi connectivity index (χ4v) is 2.38. The predicted molar refractivity (Wildman–Crippen MR) is 66.2 cm³/mol. The molecule has 1 aliphatic rings. The maximum atomic E-state index is 11.6. The molecule has 1 fully saturated rings. The molecule has 0 aromatic heterocycles. The first-order valence-corrected chi connectivity index (χ1v) is 6.46. The second kappa shape index (κ2) is 5.51. The quantitative estimate of drug-likeness (QED) is 0.506. The van der Waals surface area contributed by atoms with Crippen LogP contribution in [0.25, 0.3) is 0 Å². The van der Waals surface area contributed by atoms with Crippen molar-refractivity contribution in [1.82, 2.24) is 0 Å². The van der Waals surface area contributed by atoms with Gasteiger partial charge in [0.05, 0.1) is 0 Å². The number of unbranched alkanes of at least 4 members (excludes halogenated alkanes) is 2. The Labute approximate surface area is 99.1 Å². The largest absolute Gasteiger partial charge is 0.458 e. The van der Waals surface area contributed by atoms with Crippen LogP contribution in [0.3, 0.4) is 0 Å². The van der Waals surface area contributed by atoms with E-state index in [0.29, 0.717) is 5.57 Å². The molecule has 92 valence electrons. The minimum Gasteiger partial charge on any atom is -0.458 e. The summed E-state index contributed by atoms with van der Waals surface area (Å²) in [7, 11) is 0. The monoisotopic (exact) mass is 224 g/mol. The van der Waals surface area contributed by atoms with Crippen LogP contribution in [-0.2, 0) is 9.53 Å². The normalized spacial score (nSPS) is 29.6. The molecular weight excluding hydrogens is 200 g/mol. The molecule has 1 saturated heterocycles. The Balaban J connectivity index is 2.73. The fourth-order valence-electron chi connectivity index (χ4n) is 2.38. The van der Waals surface area contributed by atoms with Crippen LogP contribution < -0.4 is 0 Å². The predicted octanol–water partition coefficient (Wildman–Crippen LogP) is 3.85. The number of esters is 1. The van der Waals surface area contributed by atoms with E-state index in [9.17, 15) is 4.79 Å². The Bertz CT molecular complexity index is 270. The number of carbonyl (C=O) groups is 1. The van der Waals surface area contributed by atoms with E-state index in [0.717, 1.165) is 38.5 Å². The Kier molecular flexibility index (Phi) is 4.57. The molecule has 0 bridgehead atoms. The summed E-state index contributed by atoms with van der Waals surface area (Å²) in [5.41, 5.74) is 0.560. The van der Waals surface area contributed by atoms with Gasteiger partial charge >= 0.3 is 5.97 Å². The third-order valence-electron chi connectivity index (χ3n) is 3.77. The van der Waals surface area contributed by atoms with Crippen molar-refractivity contribution in [2.75, 3.05) is 0 Å². The van der Waals surface area contributed by atoms with E-state index in [1.165, 1.54) is 0 Å². The number of rotatable bonds is 6. The van der Waals surface area contributed by atoms with Crippen LogP contribution in [0.4, 0.5) is 0 Å². The molecule has 1 heterocycles. The SMILES string of the molecule is C=C1C(=O)O[C@H](CCCC)[C@]1(C)CCCC. The highest BCUT2D eigenvalue weighted by atomic mass is 16.6. The minimum atomic E-state index is -0.181. The van der Waals surface area contributed by atoms with E-state index in [1.807, 2.05) is 0 Å². The van der Waals surface area contributed by atoms with Gasteiger partial charge in [-0.2, -0.15) is 0 Å². The highest BCUT2D eigenvalue weighted by molar-refractivity contribution is 5.91. The maximum Gasteiger partial charge on any atom is 0.334 e. The third kappa shape index (κ3) is 2.47. The molecule has 0 aromatic rings. The van der Waals surface area contributed by atoms with Gasteiger partial charge in [0.1, 0.15) is 6.10 Å². The molecule has 1 rings (SSSR count). The average Bonchev–Trinajstić information content (AvgIpc) is 2.49. The first-order valence-electron chi connectivity index (χ1n) is 6.46. The molecule has 0 aliphatic carbocycles. The summed E-state index contributed by atoms with van der Waals surface area (Å²) in [5, 5.41) is 0. The number of ether oxygens (including phenoxy) is 1. The lowest BCUT2D eigenvalue weighted by Gasteiger charge is -2.29. The van der Waals surface area contributed by atoms with Crippen LogP contribution in [-0.4, -0.2) is 12.1 Å². The van der Waals surface area contributed by atoms with Crippen molar-refractivity contribution in [2.24, 2.45) is 5.41 Å². The van der Waals surface area contributed by atoms with E-state index in [-0.39, 0.29) is 17.5 Å². The van der Waals surface area contributed by atoms with Crippen LogP contribution in [0, 0.1) is 5.41 Å². The van der Waals surface area contributed by atoms with Crippen molar-refractivity contribution < 1.29 is 9.53 Å². The van der Waals surface area contributed by atoms with Gasteiger partial charge in [-0.05, 0) is 12.8 Å². The zero-order chi connectivity index (χ0) is 12.2. The Morgan fingerprint density at radius 1 is 1.31 bits per heavy atom. The van der Waals surface area contributed by atoms with Crippen molar-refractivity contribution >= 4 is 5.97 Å². The summed E-state index contributed by atoms with van der Waals surface area (Å²) in [5.74, 6) is -0.181. The number of cyclic esters (lactones) is 1. The van der Waals surface area contributed by atoms with Crippen molar-refractivity contribution in [3.8, 4) is 0 Å². The first kappa shape index (κ1) is 13.3. The Morgan fingerprint density at radius 3 is 2.50 bits per heavy atom. The molecule has 0 radical (unpaired) electrons. The standard InChI is InChI=1S/C14H24O2/c1-5-7-9-12-14(4,10-8-6-2)11(3)13(15)16-12/h12H,3,5-10H2,1-2,4H3/t12-,14-/m1/s1. The van der Waals surface area contributed by atoms with Crippen molar-refractivity contribution in [1.29, 1.82) is 0 Å². The van der Waals surface area contributed by atoms with Crippen molar-refractivity contribution in [3.05, 3.63) is 12.2 Å². The number of hydrogen-bond donors (Lipinski definition) is 0. The van der Waals surface area contributed by atoms with Gasteiger partial charge in [-0.3, -0.25) is 0 Å². The zero-order valence-corrected chi connectivity index (χ0v) is 10.8. The van der Waals surface area contributed by atoms with E-state index in [1.54, 1.807) is 0 Å². The summed E-state index contributed by atoms with van der Waals surface area (Å²) in [4.78, 5) is 11.6. The molecular formula is C14H24O2. The van der Waals surface area contributed by atoms with Crippen LogP contribution in [0.15, 0.2) is 12.2 Å². The first-order chi connectivity index (χ1) is 7.56. The van der Waals surface area contributed by atoms with Crippen LogP contribution in [0.5, 0.6) is 0 Å². The van der Waals surface area contributed by atoms with E-state index < -0.39 is 0 Å². The molecule has 0 unspecified atom stereocenters. The molecule has 2 nitrogen and oxygen atoms in total. The molecule has 0 saturated carbocycles. The molecule has 16 heavy (non-hydrogen) atoms. The van der Waals surface area contributed by atoms with Gasteiger partial charge in [-0.1, -0.05) is 53.0 Å². The lowest BCUT2D eigenvalue weighted by Crippen LogP contribution is -2.28. The van der Waals surface area contributed by atoms with Gasteiger partial charge in [0.25, 0.3) is 0 Å². The molecule has 2 atom stereocenters. The lowest BCUT2D eigenvalue weighted by molar-refractivity contribution is -0.140. The number of hydrogen-bond acceptors (Lipinski definition) is 2. The third-order valence-corrected chi connectivity index (χ3v) is 3.77. The van der Waals surface area contributed by atoms with E-state index in [2.05, 4.69) is 27.4 Å². The smallest absolute Gasteiger partial charge is 0.334 e.